The number of anilines is 1. The molecule has 0 bridgehead atoms. The Hall–Kier alpha value is -4.56. The average molecular weight is 548 g/mol. The van der Waals surface area contributed by atoms with E-state index in [4.69, 9.17) is 14.5 Å². The number of amides is 1. The number of ether oxygens (including phenoxy) is 2. The molecule has 0 spiro atoms. The maximum Gasteiger partial charge on any atom is 0.274 e. The van der Waals surface area contributed by atoms with Crippen LogP contribution in [0.2, 0.25) is 0 Å². The first-order valence-corrected chi connectivity index (χ1v) is 14.1. The summed E-state index contributed by atoms with van der Waals surface area (Å²) >= 11 is 0. The second kappa shape index (κ2) is 12.3. The van der Waals surface area contributed by atoms with Crippen molar-refractivity contribution in [3.63, 3.8) is 0 Å². The molecule has 1 N–H and O–H groups in total. The highest BCUT2D eigenvalue weighted by molar-refractivity contribution is 6.49. The lowest BCUT2D eigenvalue weighted by atomic mass is 9.95. The van der Waals surface area contributed by atoms with Gasteiger partial charge in [0.15, 0.2) is 0 Å². The fourth-order valence-corrected chi connectivity index (χ4v) is 5.21. The average Bonchev–Trinajstić information content (AvgIpc) is 3.21. The van der Waals surface area contributed by atoms with E-state index in [1.165, 1.54) is 0 Å². The predicted molar refractivity (Wildman–Crippen MR) is 160 cm³/mol. The minimum absolute atomic E-state index is 0.132. The lowest BCUT2D eigenvalue weighted by molar-refractivity contribution is -0.110. The molecule has 2 aliphatic heterocycles. The summed E-state index contributed by atoms with van der Waals surface area (Å²) in [6, 6.07) is 21.3. The molecule has 0 radical (unpaired) electrons. The number of aromatic nitrogens is 2. The van der Waals surface area contributed by atoms with E-state index in [1.54, 1.807) is 30.7 Å². The fourth-order valence-electron chi connectivity index (χ4n) is 5.21. The Bertz CT molecular complexity index is 1550. The van der Waals surface area contributed by atoms with Crippen molar-refractivity contribution in [3.8, 4) is 28.5 Å². The SMILES string of the molecule is CN1CCC(Oc2cc(NC(=O)C3=NCCCc4ccc(-c5cncc(Oc6ccccc6)c5)cc43)ccn2)CC1. The quantitative estimate of drug-likeness (QED) is 0.315. The first kappa shape index (κ1) is 26.7. The number of nitrogens with one attached hydrogen (secondary N) is 1. The zero-order chi connectivity index (χ0) is 28.0. The number of rotatable bonds is 7. The number of para-hydroxylation sites is 1. The maximum absolute atomic E-state index is 13.6. The number of aryl methyl sites for hydroxylation is 1. The van der Waals surface area contributed by atoms with E-state index < -0.39 is 0 Å². The summed E-state index contributed by atoms with van der Waals surface area (Å²) in [4.78, 5) is 29.4. The lowest BCUT2D eigenvalue weighted by Crippen LogP contribution is -2.35. The Morgan fingerprint density at radius 2 is 1.80 bits per heavy atom. The van der Waals surface area contributed by atoms with Crippen LogP contribution < -0.4 is 14.8 Å². The molecule has 8 nitrogen and oxygen atoms in total. The van der Waals surface area contributed by atoms with Crippen molar-refractivity contribution >= 4 is 17.3 Å². The van der Waals surface area contributed by atoms with Gasteiger partial charge in [0.25, 0.3) is 5.91 Å². The number of hydrogen-bond acceptors (Lipinski definition) is 7. The summed E-state index contributed by atoms with van der Waals surface area (Å²) in [5, 5.41) is 3.03. The summed E-state index contributed by atoms with van der Waals surface area (Å²) in [5.41, 5.74) is 4.84. The third-order valence-corrected chi connectivity index (χ3v) is 7.43. The Kier molecular flexibility index (Phi) is 8.00. The van der Waals surface area contributed by atoms with Crippen LogP contribution >= 0.6 is 0 Å². The van der Waals surface area contributed by atoms with Crippen molar-refractivity contribution in [2.45, 2.75) is 31.8 Å². The highest BCUT2D eigenvalue weighted by atomic mass is 16.5. The van der Waals surface area contributed by atoms with Gasteiger partial charge >= 0.3 is 0 Å². The van der Waals surface area contributed by atoms with Crippen molar-refractivity contribution in [1.29, 1.82) is 0 Å². The van der Waals surface area contributed by atoms with Gasteiger partial charge in [0.2, 0.25) is 5.88 Å². The number of carbonyl (C=O) groups excluding carboxylic acids is 1. The molecule has 0 saturated carbocycles. The zero-order valence-corrected chi connectivity index (χ0v) is 23.1. The normalized spacial score (nSPS) is 15.8. The molecular formula is C33H33N5O3. The van der Waals surface area contributed by atoms with E-state index in [-0.39, 0.29) is 12.0 Å². The topological polar surface area (TPSA) is 88.9 Å². The van der Waals surface area contributed by atoms with Crippen LogP contribution in [0.3, 0.4) is 0 Å². The van der Waals surface area contributed by atoms with Gasteiger partial charge < -0.3 is 19.7 Å². The first-order valence-electron chi connectivity index (χ1n) is 14.1. The summed E-state index contributed by atoms with van der Waals surface area (Å²) in [7, 11) is 2.12. The predicted octanol–water partition coefficient (Wildman–Crippen LogP) is 5.78. The molecule has 208 valence electrons. The van der Waals surface area contributed by atoms with Crippen LogP contribution in [0.4, 0.5) is 5.69 Å². The van der Waals surface area contributed by atoms with Crippen LogP contribution in [-0.2, 0) is 11.2 Å². The molecular weight excluding hydrogens is 514 g/mol. The van der Waals surface area contributed by atoms with Crippen LogP contribution in [0, 0.1) is 0 Å². The van der Waals surface area contributed by atoms with Crippen molar-refractivity contribution in [2.75, 3.05) is 32.0 Å². The van der Waals surface area contributed by atoms with Crippen molar-refractivity contribution in [3.05, 3.63) is 96.4 Å². The number of aliphatic imine (C=N–C) groups is 1. The molecule has 0 aliphatic carbocycles. The van der Waals surface area contributed by atoms with E-state index in [1.807, 2.05) is 42.5 Å². The molecule has 41 heavy (non-hydrogen) atoms. The number of fused-ring (bicyclic) bond motifs is 1. The van der Waals surface area contributed by atoms with E-state index in [9.17, 15) is 4.79 Å². The molecule has 1 fully saturated rings. The smallest absolute Gasteiger partial charge is 0.274 e. The first-order chi connectivity index (χ1) is 20.1. The molecule has 2 aliphatic rings. The van der Waals surface area contributed by atoms with Crippen LogP contribution in [0.5, 0.6) is 17.4 Å². The number of carbonyl (C=O) groups is 1. The fraction of sp³-hybridized carbons (Fsp3) is 0.273. The van der Waals surface area contributed by atoms with Gasteiger partial charge in [-0.05, 0) is 74.2 Å². The third-order valence-electron chi connectivity index (χ3n) is 7.43. The van der Waals surface area contributed by atoms with Crippen molar-refractivity contribution < 1.29 is 14.3 Å². The van der Waals surface area contributed by atoms with E-state index in [0.717, 1.165) is 66.8 Å². The van der Waals surface area contributed by atoms with E-state index in [2.05, 4.69) is 39.4 Å². The molecule has 4 heterocycles. The lowest BCUT2D eigenvalue weighted by Gasteiger charge is -2.28. The van der Waals surface area contributed by atoms with E-state index in [0.29, 0.717) is 29.6 Å². The van der Waals surface area contributed by atoms with Gasteiger partial charge in [-0.1, -0.05) is 30.3 Å². The second-order valence-electron chi connectivity index (χ2n) is 10.5. The number of benzene rings is 2. The minimum atomic E-state index is -0.249. The molecule has 0 atom stereocenters. The van der Waals surface area contributed by atoms with Crippen LogP contribution in [0.25, 0.3) is 11.1 Å². The van der Waals surface area contributed by atoms with Gasteiger partial charge in [-0.25, -0.2) is 4.98 Å². The van der Waals surface area contributed by atoms with Gasteiger partial charge in [-0.2, -0.15) is 0 Å². The number of hydrogen-bond donors (Lipinski definition) is 1. The van der Waals surface area contributed by atoms with Crippen molar-refractivity contribution in [2.24, 2.45) is 4.99 Å². The zero-order valence-electron chi connectivity index (χ0n) is 23.1. The summed E-state index contributed by atoms with van der Waals surface area (Å²) < 4.78 is 12.1. The third kappa shape index (κ3) is 6.61. The number of likely N-dealkylation sites (tertiary alicyclic amines) is 1. The maximum atomic E-state index is 13.6. The molecule has 0 unspecified atom stereocenters. The van der Waals surface area contributed by atoms with Gasteiger partial charge in [0.05, 0.1) is 6.20 Å². The summed E-state index contributed by atoms with van der Waals surface area (Å²) in [6.07, 6.45) is 8.95. The molecule has 2 aromatic carbocycles. The number of pyridine rings is 2. The largest absolute Gasteiger partial charge is 0.474 e. The molecule has 6 rings (SSSR count). The number of piperidine rings is 1. The Labute approximate surface area is 240 Å². The van der Waals surface area contributed by atoms with Gasteiger partial charge in [0.1, 0.15) is 23.3 Å². The Morgan fingerprint density at radius 1 is 0.951 bits per heavy atom. The highest BCUT2D eigenvalue weighted by Crippen LogP contribution is 2.29. The standard InChI is InChI=1S/C33H33N5O3/c1-38-16-12-28(13-17-38)41-31-20-26(11-15-35-31)37-33(39)32-30-19-24(10-9-23(30)6-5-14-36-32)25-18-29(22-34-21-25)40-27-7-3-2-4-8-27/h2-4,7-11,15,18-22,28H,5-6,12-14,16-17H2,1H3,(H,35,37,39). The van der Waals surface area contributed by atoms with Crippen LogP contribution in [-0.4, -0.2) is 59.3 Å². The Morgan fingerprint density at radius 3 is 2.66 bits per heavy atom. The summed E-state index contributed by atoms with van der Waals surface area (Å²) in [6.45, 7) is 2.60. The van der Waals surface area contributed by atoms with Crippen LogP contribution in [0.15, 0.2) is 90.3 Å². The molecule has 4 aromatic rings. The summed E-state index contributed by atoms with van der Waals surface area (Å²) in [5.74, 6) is 1.66. The van der Waals surface area contributed by atoms with E-state index >= 15 is 0 Å². The minimum Gasteiger partial charge on any atom is -0.474 e. The number of nitrogens with zero attached hydrogens (tertiary/aromatic N) is 4. The molecule has 1 amide bonds. The van der Waals surface area contributed by atoms with Gasteiger partial charge in [-0.3, -0.25) is 14.8 Å². The molecule has 2 aromatic heterocycles. The highest BCUT2D eigenvalue weighted by Gasteiger charge is 2.22. The van der Waals surface area contributed by atoms with Crippen molar-refractivity contribution in [1.82, 2.24) is 14.9 Å². The molecule has 8 heteroatoms. The monoisotopic (exact) mass is 547 g/mol. The van der Waals surface area contributed by atoms with Gasteiger partial charge in [0, 0.05) is 54.9 Å². The Balaban J connectivity index is 1.21. The van der Waals surface area contributed by atoms with Gasteiger partial charge in [-0.15, -0.1) is 0 Å². The van der Waals surface area contributed by atoms with Crippen LogP contribution in [0.1, 0.15) is 30.4 Å². The second-order valence-corrected chi connectivity index (χ2v) is 10.5. The molecule has 1 saturated heterocycles.